The molecule has 0 spiro atoms. The van der Waals surface area contributed by atoms with Gasteiger partial charge in [-0.3, -0.25) is 0 Å². The Hall–Kier alpha value is -1.11. The van der Waals surface area contributed by atoms with Gasteiger partial charge in [0.1, 0.15) is 11.2 Å². The molecular formula is C10H4BrClN2. The number of rotatable bonds is 0. The molecule has 0 aliphatic heterocycles. The first-order valence-corrected chi connectivity index (χ1v) is 5.03. The molecule has 0 bridgehead atoms. The highest BCUT2D eigenvalue weighted by Crippen LogP contribution is 2.26. The van der Waals surface area contributed by atoms with Gasteiger partial charge in [0.2, 0.25) is 0 Å². The summed E-state index contributed by atoms with van der Waals surface area (Å²) in [6.45, 7) is 0. The lowest BCUT2D eigenvalue weighted by Gasteiger charge is -2.01. The third-order valence-corrected chi connectivity index (χ3v) is 2.72. The summed E-state index contributed by atoms with van der Waals surface area (Å²) in [4.78, 5) is 3.94. The van der Waals surface area contributed by atoms with E-state index in [9.17, 15) is 0 Å². The van der Waals surface area contributed by atoms with Crippen LogP contribution in [0, 0.1) is 11.3 Å². The number of hydrogen-bond acceptors (Lipinski definition) is 2. The first-order chi connectivity index (χ1) is 6.72. The molecule has 0 aliphatic carbocycles. The summed E-state index contributed by atoms with van der Waals surface area (Å²) in [5.74, 6) is 0. The van der Waals surface area contributed by atoms with Crippen LogP contribution in [0.1, 0.15) is 5.56 Å². The standard InChI is InChI=1S/C10H4BrClN2/c11-7-1-2-8-6(4-13)5-14-10(12)9(8)3-7/h1-3,5H. The third-order valence-electron chi connectivity index (χ3n) is 1.92. The Balaban J connectivity index is 2.93. The van der Waals surface area contributed by atoms with Crippen LogP contribution >= 0.6 is 27.5 Å². The number of halogens is 2. The molecule has 2 aromatic rings. The van der Waals surface area contributed by atoms with Crippen molar-refractivity contribution in [3.63, 3.8) is 0 Å². The molecule has 14 heavy (non-hydrogen) atoms. The van der Waals surface area contributed by atoms with Crippen LogP contribution in [0.15, 0.2) is 28.9 Å². The van der Waals surface area contributed by atoms with Gasteiger partial charge >= 0.3 is 0 Å². The predicted molar refractivity (Wildman–Crippen MR) is 59.2 cm³/mol. The van der Waals surface area contributed by atoms with Crippen molar-refractivity contribution >= 4 is 38.3 Å². The van der Waals surface area contributed by atoms with Crippen molar-refractivity contribution in [3.8, 4) is 6.07 Å². The van der Waals surface area contributed by atoms with E-state index >= 15 is 0 Å². The molecule has 0 atom stereocenters. The molecule has 0 aliphatic rings. The zero-order valence-corrected chi connectivity index (χ0v) is 9.30. The molecule has 0 saturated carbocycles. The fourth-order valence-corrected chi connectivity index (χ4v) is 1.84. The average Bonchev–Trinajstić information content (AvgIpc) is 2.19. The van der Waals surface area contributed by atoms with Crippen molar-refractivity contribution in [2.45, 2.75) is 0 Å². The zero-order valence-electron chi connectivity index (χ0n) is 6.96. The predicted octanol–water partition coefficient (Wildman–Crippen LogP) is 3.52. The lowest BCUT2D eigenvalue weighted by Crippen LogP contribution is -1.84. The highest BCUT2D eigenvalue weighted by atomic mass is 79.9. The van der Waals surface area contributed by atoms with Crippen LogP contribution < -0.4 is 0 Å². The SMILES string of the molecule is N#Cc1cnc(Cl)c2cc(Br)ccc12. The quantitative estimate of drug-likeness (QED) is 0.685. The molecule has 0 radical (unpaired) electrons. The normalized spacial score (nSPS) is 10.1. The summed E-state index contributed by atoms with van der Waals surface area (Å²) in [7, 11) is 0. The lowest BCUT2D eigenvalue weighted by atomic mass is 10.1. The Bertz CT molecular complexity index is 546. The van der Waals surface area contributed by atoms with Gasteiger partial charge in [-0.1, -0.05) is 33.6 Å². The Morgan fingerprint density at radius 3 is 2.86 bits per heavy atom. The van der Waals surface area contributed by atoms with Gasteiger partial charge in [-0.05, 0) is 12.1 Å². The molecule has 1 heterocycles. The molecule has 2 rings (SSSR count). The van der Waals surface area contributed by atoms with Crippen molar-refractivity contribution in [1.29, 1.82) is 5.26 Å². The summed E-state index contributed by atoms with van der Waals surface area (Å²) in [5, 5.41) is 10.9. The zero-order chi connectivity index (χ0) is 10.1. The minimum absolute atomic E-state index is 0.417. The molecule has 1 aromatic carbocycles. The van der Waals surface area contributed by atoms with Gasteiger partial charge in [-0.2, -0.15) is 5.26 Å². The van der Waals surface area contributed by atoms with Gasteiger partial charge in [-0.25, -0.2) is 4.98 Å². The van der Waals surface area contributed by atoms with Gasteiger partial charge in [0.25, 0.3) is 0 Å². The number of fused-ring (bicyclic) bond motifs is 1. The lowest BCUT2D eigenvalue weighted by molar-refractivity contribution is 1.34. The third kappa shape index (κ3) is 1.47. The number of hydrogen-bond donors (Lipinski definition) is 0. The van der Waals surface area contributed by atoms with Crippen LogP contribution in [0.3, 0.4) is 0 Å². The summed E-state index contributed by atoms with van der Waals surface area (Å²) in [6, 6.07) is 7.66. The van der Waals surface area contributed by atoms with Gasteiger partial charge in [0.05, 0.1) is 5.56 Å². The van der Waals surface area contributed by atoms with Crippen LogP contribution in [-0.2, 0) is 0 Å². The summed E-state index contributed by atoms with van der Waals surface area (Å²) < 4.78 is 0.920. The Morgan fingerprint density at radius 1 is 1.36 bits per heavy atom. The maximum atomic E-state index is 8.85. The second kappa shape index (κ2) is 3.56. The van der Waals surface area contributed by atoms with E-state index in [1.165, 1.54) is 6.20 Å². The molecule has 4 heteroatoms. The van der Waals surface area contributed by atoms with Crippen molar-refractivity contribution in [2.75, 3.05) is 0 Å². The Labute approximate surface area is 94.3 Å². The highest BCUT2D eigenvalue weighted by Gasteiger charge is 2.05. The molecule has 0 fully saturated rings. The number of nitriles is 1. The number of pyridine rings is 1. The largest absolute Gasteiger partial charge is 0.243 e. The molecule has 0 N–H and O–H groups in total. The molecule has 0 saturated heterocycles. The maximum Gasteiger partial charge on any atom is 0.136 e. The van der Waals surface area contributed by atoms with E-state index in [2.05, 4.69) is 27.0 Å². The second-order valence-corrected chi connectivity index (χ2v) is 4.04. The van der Waals surface area contributed by atoms with E-state index in [0.717, 1.165) is 15.2 Å². The number of aromatic nitrogens is 1. The molecule has 0 unspecified atom stereocenters. The van der Waals surface area contributed by atoms with Crippen molar-refractivity contribution in [3.05, 3.63) is 39.6 Å². The summed E-state index contributed by atoms with van der Waals surface area (Å²) >= 11 is 9.26. The average molecular weight is 268 g/mol. The maximum absolute atomic E-state index is 8.85. The number of nitrogens with zero attached hydrogens (tertiary/aromatic N) is 2. The van der Waals surface area contributed by atoms with Crippen molar-refractivity contribution in [1.82, 2.24) is 4.98 Å². The highest BCUT2D eigenvalue weighted by molar-refractivity contribution is 9.10. The monoisotopic (exact) mass is 266 g/mol. The van der Waals surface area contributed by atoms with Crippen LogP contribution in [0.4, 0.5) is 0 Å². The van der Waals surface area contributed by atoms with Crippen molar-refractivity contribution < 1.29 is 0 Å². The molecule has 68 valence electrons. The fraction of sp³-hybridized carbons (Fsp3) is 0. The summed E-state index contributed by atoms with van der Waals surface area (Å²) in [6.07, 6.45) is 1.48. The van der Waals surface area contributed by atoms with Crippen LogP contribution in [0.5, 0.6) is 0 Å². The molecule has 0 amide bonds. The van der Waals surface area contributed by atoms with Gasteiger partial charge in [0.15, 0.2) is 0 Å². The van der Waals surface area contributed by atoms with Crippen LogP contribution in [-0.4, -0.2) is 4.98 Å². The van der Waals surface area contributed by atoms with E-state index in [1.54, 1.807) is 0 Å². The number of benzene rings is 1. The minimum atomic E-state index is 0.417. The minimum Gasteiger partial charge on any atom is -0.243 e. The van der Waals surface area contributed by atoms with E-state index in [-0.39, 0.29) is 0 Å². The van der Waals surface area contributed by atoms with Crippen LogP contribution in [0.2, 0.25) is 5.15 Å². The smallest absolute Gasteiger partial charge is 0.136 e. The topological polar surface area (TPSA) is 36.7 Å². The second-order valence-electron chi connectivity index (χ2n) is 2.76. The van der Waals surface area contributed by atoms with Gasteiger partial charge in [0, 0.05) is 21.4 Å². The first-order valence-electron chi connectivity index (χ1n) is 3.86. The molecular weight excluding hydrogens is 263 g/mol. The Kier molecular flexibility index (Phi) is 2.40. The van der Waals surface area contributed by atoms with E-state index < -0.39 is 0 Å². The molecule has 2 nitrogen and oxygen atoms in total. The van der Waals surface area contributed by atoms with Crippen molar-refractivity contribution in [2.24, 2.45) is 0 Å². The van der Waals surface area contributed by atoms with Gasteiger partial charge in [-0.15, -0.1) is 0 Å². The first kappa shape index (κ1) is 9.45. The van der Waals surface area contributed by atoms with E-state index in [1.807, 2.05) is 18.2 Å². The van der Waals surface area contributed by atoms with Gasteiger partial charge < -0.3 is 0 Å². The van der Waals surface area contributed by atoms with Crippen LogP contribution in [0.25, 0.3) is 10.8 Å². The summed E-state index contributed by atoms with van der Waals surface area (Å²) in [5.41, 5.74) is 0.539. The Morgan fingerprint density at radius 2 is 2.14 bits per heavy atom. The van der Waals surface area contributed by atoms with E-state index in [4.69, 9.17) is 16.9 Å². The fourth-order valence-electron chi connectivity index (χ4n) is 1.27. The molecule has 1 aromatic heterocycles. The van der Waals surface area contributed by atoms with E-state index in [0.29, 0.717) is 10.7 Å².